The van der Waals surface area contributed by atoms with E-state index < -0.39 is 7.22 Å². The lowest BCUT2D eigenvalue weighted by molar-refractivity contribution is 0.714. The van der Waals surface area contributed by atoms with Gasteiger partial charge in [-0.1, -0.05) is 56.4 Å². The van der Waals surface area contributed by atoms with Crippen LogP contribution < -0.4 is 0 Å². The molecule has 0 heterocycles. The molecule has 0 saturated heterocycles. The summed E-state index contributed by atoms with van der Waals surface area (Å²) in [6, 6.07) is 10.6. The first-order valence-electron chi connectivity index (χ1n) is 7.77. The van der Waals surface area contributed by atoms with E-state index in [9.17, 15) is 0 Å². The minimum atomic E-state index is -1.02. The molecule has 1 fully saturated rings. The zero-order valence-corrected chi connectivity index (χ0v) is 14.9. The molecule has 0 spiro atoms. The normalized spacial score (nSPS) is 22.8. The molecule has 1 aromatic carbocycles. The molecule has 1 nitrogen and oxygen atoms in total. The largest absolute Gasteiger partial charge is 0.289 e. The molecule has 0 radical (unpaired) electrons. The maximum atomic E-state index is 4.91. The van der Waals surface area contributed by atoms with Crippen LogP contribution in [0.25, 0.3) is 0 Å². The summed E-state index contributed by atoms with van der Waals surface area (Å²) in [5.74, 6) is 0. The van der Waals surface area contributed by atoms with Gasteiger partial charge in [-0.25, -0.2) is 0 Å². The Bertz CT molecular complexity index is 436. The molecule has 1 atom stereocenters. The lowest BCUT2D eigenvalue weighted by Crippen LogP contribution is -2.21. The van der Waals surface area contributed by atoms with Crippen molar-refractivity contribution in [2.75, 3.05) is 0 Å². The monoisotopic (exact) mass is 305 g/mol. The van der Waals surface area contributed by atoms with Gasteiger partial charge in [0.15, 0.2) is 0 Å². The third kappa shape index (κ3) is 5.84. The zero-order valence-electron chi connectivity index (χ0n) is 13.1. The Labute approximate surface area is 128 Å². The second kappa shape index (κ2) is 7.46. The van der Waals surface area contributed by atoms with Crippen LogP contribution in [0.5, 0.6) is 0 Å². The average Bonchev–Trinajstić information content (AvgIpc) is 2.61. The minimum absolute atomic E-state index is 0.818. The highest BCUT2D eigenvalue weighted by Crippen LogP contribution is 2.33. The number of rotatable bonds is 4. The molecule has 1 aliphatic carbocycles. The predicted octanol–water partition coefficient (Wildman–Crippen LogP) is 5.53. The number of aliphatic imine (C=N–C) groups is 1. The van der Waals surface area contributed by atoms with Gasteiger partial charge < -0.3 is 0 Å². The molecule has 0 amide bonds. The lowest BCUT2D eigenvalue weighted by Gasteiger charge is -2.23. The molecular weight excluding hydrogens is 278 g/mol. The van der Waals surface area contributed by atoms with Crippen LogP contribution >= 0.6 is 11.2 Å². The summed E-state index contributed by atoms with van der Waals surface area (Å²) in [5, 5.41) is 0.818. The van der Waals surface area contributed by atoms with Crippen molar-refractivity contribution in [3.63, 3.8) is 0 Å². The zero-order chi connectivity index (χ0) is 14.4. The molecule has 0 bridgehead atoms. The molecule has 0 aromatic heterocycles. The van der Waals surface area contributed by atoms with E-state index in [4.69, 9.17) is 4.99 Å². The van der Waals surface area contributed by atoms with Crippen molar-refractivity contribution in [1.82, 2.24) is 0 Å². The second-order valence-corrected chi connectivity index (χ2v) is 16.2. The summed E-state index contributed by atoms with van der Waals surface area (Å²) in [7, 11) is -1.02. The molecule has 0 N–H and O–H groups in total. The van der Waals surface area contributed by atoms with Crippen LogP contribution in [-0.2, 0) is 6.54 Å². The molecule has 2 rings (SSSR count). The Morgan fingerprint density at radius 3 is 2.60 bits per heavy atom. The van der Waals surface area contributed by atoms with Gasteiger partial charge in [0.25, 0.3) is 0 Å². The number of hydrogen-bond donors (Lipinski definition) is 0. The summed E-state index contributed by atoms with van der Waals surface area (Å²) in [6.45, 7) is 8.25. The fraction of sp³-hybridized carbons (Fsp3) is 0.588. The van der Waals surface area contributed by atoms with Crippen LogP contribution in [0.4, 0.5) is 0 Å². The summed E-state index contributed by atoms with van der Waals surface area (Å²) >= 11 is 2.27. The lowest BCUT2D eigenvalue weighted by atomic mass is 10.1. The predicted molar refractivity (Wildman–Crippen MR) is 95.4 cm³/mol. The van der Waals surface area contributed by atoms with Crippen LogP contribution in [0, 0.1) is 0 Å². The molecule has 1 aliphatic rings. The summed E-state index contributed by atoms with van der Waals surface area (Å²) in [6.07, 6.45) is 6.54. The van der Waals surface area contributed by atoms with Crippen LogP contribution in [0.1, 0.15) is 37.7 Å². The van der Waals surface area contributed by atoms with E-state index in [2.05, 4.69) is 61.2 Å². The van der Waals surface area contributed by atoms with Crippen molar-refractivity contribution >= 4 is 24.1 Å². The van der Waals surface area contributed by atoms with Gasteiger partial charge in [-0.15, -0.1) is 0 Å². The van der Waals surface area contributed by atoms with E-state index in [1.165, 1.54) is 43.4 Å². The van der Waals surface area contributed by atoms with Gasteiger partial charge in [-0.3, -0.25) is 4.99 Å². The molecule has 1 saturated carbocycles. The van der Waals surface area contributed by atoms with Gasteiger partial charge in [0.2, 0.25) is 0 Å². The van der Waals surface area contributed by atoms with Crippen molar-refractivity contribution in [1.29, 1.82) is 0 Å². The van der Waals surface area contributed by atoms with E-state index in [0.29, 0.717) is 0 Å². The van der Waals surface area contributed by atoms with Crippen molar-refractivity contribution in [2.24, 2.45) is 4.99 Å². The summed E-state index contributed by atoms with van der Waals surface area (Å²) in [4.78, 5) is 4.91. The fourth-order valence-corrected chi connectivity index (χ4v) is 7.86. The summed E-state index contributed by atoms with van der Waals surface area (Å²) < 4.78 is 0. The standard InChI is InChI=1S/C17H27NSSi/c1-20(2,3)19-17-12-8-7-11-16(13-17)18-14-15-9-5-4-6-10-15/h4-6,9-10,17H,7-8,11-14H2,1-3H3. The van der Waals surface area contributed by atoms with Crippen molar-refractivity contribution in [3.05, 3.63) is 35.9 Å². The fourth-order valence-electron chi connectivity index (χ4n) is 2.70. The number of nitrogens with zero attached hydrogens (tertiary/aromatic N) is 1. The van der Waals surface area contributed by atoms with Crippen molar-refractivity contribution in [3.8, 4) is 0 Å². The molecule has 3 heteroatoms. The van der Waals surface area contributed by atoms with Gasteiger partial charge in [0, 0.05) is 11.0 Å². The topological polar surface area (TPSA) is 12.4 Å². The molecular formula is C17H27NSSi. The van der Waals surface area contributed by atoms with Crippen molar-refractivity contribution in [2.45, 2.75) is 63.5 Å². The quantitative estimate of drug-likeness (QED) is 0.526. The van der Waals surface area contributed by atoms with E-state index in [-0.39, 0.29) is 0 Å². The van der Waals surface area contributed by atoms with E-state index in [1.54, 1.807) is 0 Å². The molecule has 1 aromatic rings. The molecule has 1 unspecified atom stereocenters. The van der Waals surface area contributed by atoms with E-state index >= 15 is 0 Å². The number of hydrogen-bond acceptors (Lipinski definition) is 2. The smallest absolute Gasteiger partial charge is 0.108 e. The Balaban J connectivity index is 1.96. The minimum Gasteiger partial charge on any atom is -0.289 e. The Hall–Kier alpha value is -0.543. The maximum Gasteiger partial charge on any atom is 0.108 e. The molecule has 20 heavy (non-hydrogen) atoms. The first kappa shape index (κ1) is 15.8. The Morgan fingerprint density at radius 1 is 1.15 bits per heavy atom. The third-order valence-electron chi connectivity index (χ3n) is 3.55. The molecule has 0 aliphatic heterocycles. The highest BCUT2D eigenvalue weighted by molar-refractivity contribution is 8.29. The Morgan fingerprint density at radius 2 is 1.90 bits per heavy atom. The van der Waals surface area contributed by atoms with Crippen LogP contribution in [0.15, 0.2) is 35.3 Å². The highest BCUT2D eigenvalue weighted by atomic mass is 32.4. The maximum absolute atomic E-state index is 4.91. The van der Waals surface area contributed by atoms with E-state index in [1.807, 2.05) is 0 Å². The van der Waals surface area contributed by atoms with Gasteiger partial charge >= 0.3 is 0 Å². The van der Waals surface area contributed by atoms with Crippen LogP contribution in [0.3, 0.4) is 0 Å². The van der Waals surface area contributed by atoms with E-state index in [0.717, 1.165) is 11.8 Å². The Kier molecular flexibility index (Phi) is 5.91. The third-order valence-corrected chi connectivity index (χ3v) is 8.12. The number of benzene rings is 1. The van der Waals surface area contributed by atoms with Crippen molar-refractivity contribution < 1.29 is 0 Å². The van der Waals surface area contributed by atoms with Crippen LogP contribution in [0.2, 0.25) is 19.6 Å². The van der Waals surface area contributed by atoms with Gasteiger partial charge in [-0.2, -0.15) is 11.2 Å². The second-order valence-electron chi connectivity index (χ2n) is 6.67. The first-order valence-corrected chi connectivity index (χ1v) is 12.9. The van der Waals surface area contributed by atoms with Gasteiger partial charge in [-0.05, 0) is 31.2 Å². The SMILES string of the molecule is C[Si](C)(C)SC1CCCCC(=NCc2ccccc2)C1. The van der Waals surface area contributed by atoms with Gasteiger partial charge in [0.1, 0.15) is 7.22 Å². The van der Waals surface area contributed by atoms with Crippen LogP contribution in [-0.4, -0.2) is 18.2 Å². The first-order chi connectivity index (χ1) is 9.53. The average molecular weight is 306 g/mol. The summed E-state index contributed by atoms with van der Waals surface area (Å²) in [5.41, 5.74) is 2.79. The molecule has 110 valence electrons. The highest BCUT2D eigenvalue weighted by Gasteiger charge is 2.23. The van der Waals surface area contributed by atoms with Gasteiger partial charge in [0.05, 0.1) is 6.54 Å².